The summed E-state index contributed by atoms with van der Waals surface area (Å²) in [7, 11) is 0. The SMILES string of the molecule is CCCC(=C[C@H](O)[C@@H](N)CC(C)C)C(=O)NCC(C)C. The molecule has 0 saturated carbocycles. The minimum atomic E-state index is -0.760. The van der Waals surface area contributed by atoms with Crippen molar-refractivity contribution in [2.45, 2.75) is 66.0 Å². The lowest BCUT2D eigenvalue weighted by Gasteiger charge is -2.19. The van der Waals surface area contributed by atoms with Gasteiger partial charge in [-0.1, -0.05) is 41.0 Å². The molecule has 4 nitrogen and oxygen atoms in total. The van der Waals surface area contributed by atoms with Gasteiger partial charge in [0.05, 0.1) is 6.10 Å². The number of carbonyl (C=O) groups excluding carboxylic acids is 1. The van der Waals surface area contributed by atoms with E-state index >= 15 is 0 Å². The molecule has 4 heteroatoms. The van der Waals surface area contributed by atoms with E-state index < -0.39 is 6.10 Å². The topological polar surface area (TPSA) is 75.3 Å². The zero-order valence-electron chi connectivity index (χ0n) is 13.6. The van der Waals surface area contributed by atoms with Gasteiger partial charge in [0.15, 0.2) is 0 Å². The fourth-order valence-corrected chi connectivity index (χ4v) is 1.97. The van der Waals surface area contributed by atoms with Crippen molar-refractivity contribution in [1.29, 1.82) is 0 Å². The van der Waals surface area contributed by atoms with Crippen molar-refractivity contribution in [1.82, 2.24) is 5.32 Å². The first-order valence-corrected chi connectivity index (χ1v) is 7.70. The molecule has 0 radical (unpaired) electrons. The van der Waals surface area contributed by atoms with Crippen molar-refractivity contribution in [3.63, 3.8) is 0 Å². The Balaban J connectivity index is 4.70. The highest BCUT2D eigenvalue weighted by Crippen LogP contribution is 2.12. The van der Waals surface area contributed by atoms with Gasteiger partial charge in [0.1, 0.15) is 0 Å². The van der Waals surface area contributed by atoms with Crippen molar-refractivity contribution < 1.29 is 9.90 Å². The van der Waals surface area contributed by atoms with Crippen molar-refractivity contribution >= 4 is 5.91 Å². The molecule has 2 atom stereocenters. The van der Waals surface area contributed by atoms with Crippen molar-refractivity contribution in [3.8, 4) is 0 Å². The Kier molecular flexibility index (Phi) is 9.51. The number of aliphatic hydroxyl groups excluding tert-OH is 1. The molecule has 0 aliphatic rings. The smallest absolute Gasteiger partial charge is 0.246 e. The van der Waals surface area contributed by atoms with E-state index in [9.17, 15) is 9.90 Å². The average Bonchev–Trinajstić information content (AvgIpc) is 2.34. The summed E-state index contributed by atoms with van der Waals surface area (Å²) in [5, 5.41) is 13.0. The molecule has 0 unspecified atom stereocenters. The van der Waals surface area contributed by atoms with E-state index in [4.69, 9.17) is 5.73 Å². The molecule has 4 N–H and O–H groups in total. The van der Waals surface area contributed by atoms with Gasteiger partial charge >= 0.3 is 0 Å². The fraction of sp³-hybridized carbons (Fsp3) is 0.812. The van der Waals surface area contributed by atoms with Gasteiger partial charge in [0, 0.05) is 18.2 Å². The maximum Gasteiger partial charge on any atom is 0.246 e. The second kappa shape index (κ2) is 9.94. The molecule has 0 spiro atoms. The monoisotopic (exact) mass is 284 g/mol. The van der Waals surface area contributed by atoms with E-state index in [1.807, 2.05) is 6.92 Å². The largest absolute Gasteiger partial charge is 0.387 e. The van der Waals surface area contributed by atoms with Crippen LogP contribution in [0.4, 0.5) is 0 Å². The lowest BCUT2D eigenvalue weighted by molar-refractivity contribution is -0.117. The van der Waals surface area contributed by atoms with Gasteiger partial charge in [0.2, 0.25) is 5.91 Å². The third kappa shape index (κ3) is 8.33. The predicted molar refractivity (Wildman–Crippen MR) is 84.3 cm³/mol. The van der Waals surface area contributed by atoms with Crippen molar-refractivity contribution in [2.24, 2.45) is 17.6 Å². The number of carbonyl (C=O) groups is 1. The first-order valence-electron chi connectivity index (χ1n) is 7.70. The van der Waals surface area contributed by atoms with E-state index in [2.05, 4.69) is 33.0 Å². The van der Waals surface area contributed by atoms with Crippen LogP contribution in [0.3, 0.4) is 0 Å². The summed E-state index contributed by atoms with van der Waals surface area (Å²) in [5.41, 5.74) is 6.60. The first-order chi connectivity index (χ1) is 9.27. The Labute approximate surface area is 123 Å². The van der Waals surface area contributed by atoms with Gasteiger partial charge in [-0.15, -0.1) is 0 Å². The third-order valence-electron chi connectivity index (χ3n) is 3.04. The highest BCUT2D eigenvalue weighted by molar-refractivity contribution is 5.93. The van der Waals surface area contributed by atoms with Crippen LogP contribution >= 0.6 is 0 Å². The van der Waals surface area contributed by atoms with Gasteiger partial charge in [-0.25, -0.2) is 0 Å². The molecular formula is C16H32N2O2. The van der Waals surface area contributed by atoms with Gasteiger partial charge < -0.3 is 16.2 Å². The minimum absolute atomic E-state index is 0.0867. The Morgan fingerprint density at radius 3 is 2.30 bits per heavy atom. The molecular weight excluding hydrogens is 252 g/mol. The summed E-state index contributed by atoms with van der Waals surface area (Å²) in [5.74, 6) is 0.753. The van der Waals surface area contributed by atoms with Crippen LogP contribution in [0.1, 0.15) is 53.9 Å². The molecule has 0 aromatic rings. The molecule has 0 bridgehead atoms. The maximum atomic E-state index is 12.1. The molecule has 20 heavy (non-hydrogen) atoms. The van der Waals surface area contributed by atoms with Crippen LogP contribution in [-0.4, -0.2) is 29.7 Å². The van der Waals surface area contributed by atoms with Gasteiger partial charge in [-0.05, 0) is 30.8 Å². The first kappa shape index (κ1) is 19.1. The Morgan fingerprint density at radius 2 is 1.85 bits per heavy atom. The zero-order valence-corrected chi connectivity index (χ0v) is 13.6. The second-order valence-corrected chi connectivity index (χ2v) is 6.33. The number of aliphatic hydroxyl groups is 1. The Hall–Kier alpha value is -0.870. The van der Waals surface area contributed by atoms with Crippen LogP contribution in [0.15, 0.2) is 11.6 Å². The van der Waals surface area contributed by atoms with Crippen LogP contribution in [0.5, 0.6) is 0 Å². The van der Waals surface area contributed by atoms with Crippen LogP contribution in [0.25, 0.3) is 0 Å². The minimum Gasteiger partial charge on any atom is -0.387 e. The van der Waals surface area contributed by atoms with E-state index in [-0.39, 0.29) is 11.9 Å². The molecule has 0 heterocycles. The maximum absolute atomic E-state index is 12.1. The van der Waals surface area contributed by atoms with Crippen molar-refractivity contribution in [2.75, 3.05) is 6.54 Å². The van der Waals surface area contributed by atoms with Crippen LogP contribution in [0, 0.1) is 11.8 Å². The molecule has 0 aliphatic heterocycles. The van der Waals surface area contributed by atoms with E-state index in [1.165, 1.54) is 0 Å². The van der Waals surface area contributed by atoms with E-state index in [1.54, 1.807) is 6.08 Å². The highest BCUT2D eigenvalue weighted by Gasteiger charge is 2.17. The van der Waals surface area contributed by atoms with Gasteiger partial charge in [0.25, 0.3) is 0 Å². The predicted octanol–water partition coefficient (Wildman–Crippen LogP) is 2.22. The molecule has 118 valence electrons. The molecule has 1 amide bonds. The summed E-state index contributed by atoms with van der Waals surface area (Å²) in [6, 6.07) is -0.320. The van der Waals surface area contributed by atoms with E-state index in [0.717, 1.165) is 12.8 Å². The molecule has 0 fully saturated rings. The lowest BCUT2D eigenvalue weighted by atomic mass is 9.97. The van der Waals surface area contributed by atoms with Crippen LogP contribution < -0.4 is 11.1 Å². The summed E-state index contributed by atoms with van der Waals surface area (Å²) >= 11 is 0. The number of hydrogen-bond acceptors (Lipinski definition) is 3. The lowest BCUT2D eigenvalue weighted by Crippen LogP contribution is -2.36. The van der Waals surface area contributed by atoms with E-state index in [0.29, 0.717) is 30.4 Å². The zero-order chi connectivity index (χ0) is 15.7. The molecule has 0 saturated heterocycles. The van der Waals surface area contributed by atoms with Crippen molar-refractivity contribution in [3.05, 3.63) is 11.6 Å². The van der Waals surface area contributed by atoms with Gasteiger partial charge in [-0.2, -0.15) is 0 Å². The Morgan fingerprint density at radius 1 is 1.25 bits per heavy atom. The van der Waals surface area contributed by atoms with Crippen LogP contribution in [0.2, 0.25) is 0 Å². The quantitative estimate of drug-likeness (QED) is 0.568. The Bertz CT molecular complexity index is 312. The number of rotatable bonds is 9. The molecule has 0 rings (SSSR count). The molecule has 0 aromatic carbocycles. The average molecular weight is 284 g/mol. The third-order valence-corrected chi connectivity index (χ3v) is 3.04. The number of nitrogens with one attached hydrogen (secondary N) is 1. The highest BCUT2D eigenvalue weighted by atomic mass is 16.3. The number of amides is 1. The fourth-order valence-electron chi connectivity index (χ4n) is 1.97. The normalized spacial score (nSPS) is 15.6. The standard InChI is InChI=1S/C16H32N2O2/c1-6-7-13(16(20)18-10-12(4)5)9-15(19)14(17)8-11(2)3/h9,11-12,14-15,19H,6-8,10,17H2,1-5H3,(H,18,20)/t14-,15-/m0/s1. The number of nitrogens with two attached hydrogens (primary N) is 1. The molecule has 0 aliphatic carbocycles. The summed E-state index contributed by atoms with van der Waals surface area (Å²) in [4.78, 5) is 12.1. The second-order valence-electron chi connectivity index (χ2n) is 6.33. The van der Waals surface area contributed by atoms with Crippen LogP contribution in [-0.2, 0) is 4.79 Å². The van der Waals surface area contributed by atoms with Gasteiger partial charge in [-0.3, -0.25) is 4.79 Å². The summed E-state index contributed by atoms with van der Waals surface area (Å²) < 4.78 is 0. The number of hydrogen-bond donors (Lipinski definition) is 3. The summed E-state index contributed by atoms with van der Waals surface area (Å²) in [6.45, 7) is 10.9. The summed E-state index contributed by atoms with van der Waals surface area (Å²) in [6.07, 6.45) is 3.14. The molecule has 0 aromatic heterocycles.